The van der Waals surface area contributed by atoms with Gasteiger partial charge in [0.15, 0.2) is 0 Å². The topological polar surface area (TPSA) is 56.1 Å². The highest BCUT2D eigenvalue weighted by molar-refractivity contribution is 5.92. The third-order valence-corrected chi connectivity index (χ3v) is 3.48. The predicted octanol–water partition coefficient (Wildman–Crippen LogP) is 2.66. The molecule has 0 atom stereocenters. The summed E-state index contributed by atoms with van der Waals surface area (Å²) in [5, 5.41) is 2.64. The van der Waals surface area contributed by atoms with Crippen molar-refractivity contribution in [3.05, 3.63) is 47.5 Å². The Morgan fingerprint density at radius 3 is 2.96 bits per heavy atom. The van der Waals surface area contributed by atoms with Gasteiger partial charge in [0.1, 0.15) is 17.3 Å². The molecular weight excluding hydrogens is 311 g/mol. The minimum absolute atomic E-state index is 0.0933. The fourth-order valence-corrected chi connectivity index (χ4v) is 2.49. The minimum Gasteiger partial charge on any atom is -0.406 e. The summed E-state index contributed by atoms with van der Waals surface area (Å²) < 4.78 is 42.3. The summed E-state index contributed by atoms with van der Waals surface area (Å²) in [6, 6.07) is 5.49. The van der Waals surface area contributed by atoms with Crippen LogP contribution in [0.4, 0.5) is 13.2 Å². The van der Waals surface area contributed by atoms with Crippen LogP contribution in [0.1, 0.15) is 28.3 Å². The van der Waals surface area contributed by atoms with Crippen LogP contribution < -0.4 is 10.1 Å². The summed E-state index contributed by atoms with van der Waals surface area (Å²) in [6.07, 6.45) is -1.17. The molecule has 1 amide bonds. The number of nitrogens with zero attached hydrogens (tertiary/aromatic N) is 2. The summed E-state index contributed by atoms with van der Waals surface area (Å²) in [6.45, 7) is 0.947. The van der Waals surface area contributed by atoms with E-state index >= 15 is 0 Å². The lowest BCUT2D eigenvalue weighted by molar-refractivity contribution is -0.274. The third kappa shape index (κ3) is 3.82. The highest BCUT2D eigenvalue weighted by Gasteiger charge is 2.31. The largest absolute Gasteiger partial charge is 0.573 e. The highest BCUT2D eigenvalue weighted by atomic mass is 19.4. The van der Waals surface area contributed by atoms with Crippen LogP contribution >= 0.6 is 0 Å². The van der Waals surface area contributed by atoms with Crippen LogP contribution in [0, 0.1) is 0 Å². The summed E-state index contributed by atoms with van der Waals surface area (Å²) in [4.78, 5) is 16.3. The lowest BCUT2D eigenvalue weighted by atomic mass is 10.2. The summed E-state index contributed by atoms with van der Waals surface area (Å²) in [5.74, 6) is 0.218. The lowest BCUT2D eigenvalue weighted by Crippen LogP contribution is -2.23. The number of ether oxygens (including phenoxy) is 1. The van der Waals surface area contributed by atoms with E-state index in [1.165, 1.54) is 18.2 Å². The van der Waals surface area contributed by atoms with Gasteiger partial charge in [0.2, 0.25) is 0 Å². The second-order valence-electron chi connectivity index (χ2n) is 5.22. The fourth-order valence-electron chi connectivity index (χ4n) is 2.49. The molecule has 0 fully saturated rings. The average molecular weight is 325 g/mol. The molecule has 1 aliphatic heterocycles. The molecule has 2 heterocycles. The van der Waals surface area contributed by atoms with E-state index in [9.17, 15) is 18.0 Å². The van der Waals surface area contributed by atoms with Crippen molar-refractivity contribution in [1.82, 2.24) is 14.9 Å². The van der Waals surface area contributed by atoms with Gasteiger partial charge in [-0.05, 0) is 24.1 Å². The van der Waals surface area contributed by atoms with Crippen LogP contribution in [0.15, 0.2) is 30.5 Å². The Kier molecular flexibility index (Phi) is 3.97. The molecular formula is C15H14F3N3O2. The van der Waals surface area contributed by atoms with Gasteiger partial charge in [0.05, 0.1) is 0 Å². The van der Waals surface area contributed by atoms with Gasteiger partial charge in [-0.2, -0.15) is 0 Å². The second kappa shape index (κ2) is 5.94. The van der Waals surface area contributed by atoms with Gasteiger partial charge in [0.25, 0.3) is 5.91 Å². The first kappa shape index (κ1) is 15.4. The van der Waals surface area contributed by atoms with Crippen molar-refractivity contribution < 1.29 is 22.7 Å². The smallest absolute Gasteiger partial charge is 0.406 e. The Balaban J connectivity index is 1.61. The first-order chi connectivity index (χ1) is 10.9. The monoisotopic (exact) mass is 325 g/mol. The molecule has 1 aromatic heterocycles. The van der Waals surface area contributed by atoms with Crippen molar-refractivity contribution in [3.8, 4) is 5.75 Å². The first-order valence-corrected chi connectivity index (χ1v) is 7.10. The maximum absolute atomic E-state index is 12.2. The molecule has 23 heavy (non-hydrogen) atoms. The van der Waals surface area contributed by atoms with Crippen LogP contribution in [0.5, 0.6) is 5.75 Å². The standard InChI is InChI=1S/C15H14F3N3O2/c16-15(17,18)23-11-4-1-3-10(7-11)8-19-14(22)12-9-21-6-2-5-13(21)20-12/h1,3-4,7,9H,2,5-6,8H2,(H,19,22). The van der Waals surface area contributed by atoms with E-state index in [-0.39, 0.29) is 18.2 Å². The molecule has 1 aliphatic rings. The van der Waals surface area contributed by atoms with E-state index in [1.807, 2.05) is 4.57 Å². The molecule has 0 saturated heterocycles. The van der Waals surface area contributed by atoms with Crippen LogP contribution in [0.3, 0.4) is 0 Å². The number of hydrogen-bond acceptors (Lipinski definition) is 3. The van der Waals surface area contributed by atoms with Gasteiger partial charge < -0.3 is 14.6 Å². The Labute approximate surface area is 130 Å². The van der Waals surface area contributed by atoms with E-state index in [1.54, 1.807) is 12.3 Å². The molecule has 2 aromatic rings. The van der Waals surface area contributed by atoms with E-state index < -0.39 is 6.36 Å². The van der Waals surface area contributed by atoms with Gasteiger partial charge in [0, 0.05) is 25.7 Å². The second-order valence-corrected chi connectivity index (χ2v) is 5.22. The Morgan fingerprint density at radius 2 is 2.22 bits per heavy atom. The zero-order chi connectivity index (χ0) is 16.4. The van der Waals surface area contributed by atoms with Crippen LogP contribution in [0.2, 0.25) is 0 Å². The Morgan fingerprint density at radius 1 is 1.39 bits per heavy atom. The number of halogens is 3. The normalized spacial score (nSPS) is 13.7. The van der Waals surface area contributed by atoms with Gasteiger partial charge in [-0.3, -0.25) is 4.79 Å². The van der Waals surface area contributed by atoms with Crippen LogP contribution in [0.25, 0.3) is 0 Å². The van der Waals surface area contributed by atoms with Crippen LogP contribution in [-0.4, -0.2) is 21.8 Å². The third-order valence-electron chi connectivity index (χ3n) is 3.48. The SMILES string of the molecule is O=C(NCc1cccc(OC(F)(F)F)c1)c1cn2c(n1)CCC2. The molecule has 0 bridgehead atoms. The number of rotatable bonds is 4. The highest BCUT2D eigenvalue weighted by Crippen LogP contribution is 2.23. The fraction of sp³-hybridized carbons (Fsp3) is 0.333. The van der Waals surface area contributed by atoms with E-state index in [0.717, 1.165) is 25.2 Å². The number of fused-ring (bicyclic) bond motifs is 1. The van der Waals surface area contributed by atoms with Gasteiger partial charge in [-0.15, -0.1) is 13.2 Å². The lowest BCUT2D eigenvalue weighted by Gasteiger charge is -2.10. The maximum atomic E-state index is 12.2. The predicted molar refractivity (Wildman–Crippen MR) is 74.8 cm³/mol. The molecule has 3 rings (SSSR count). The molecule has 5 nitrogen and oxygen atoms in total. The quantitative estimate of drug-likeness (QED) is 0.940. The summed E-state index contributed by atoms with van der Waals surface area (Å²) >= 11 is 0. The first-order valence-electron chi connectivity index (χ1n) is 7.10. The molecule has 0 radical (unpaired) electrons. The number of aryl methyl sites for hydroxylation is 2. The number of carbonyl (C=O) groups excluding carboxylic acids is 1. The molecule has 0 saturated carbocycles. The Bertz CT molecular complexity index is 703. The van der Waals surface area contributed by atoms with Crippen molar-refractivity contribution >= 4 is 5.91 Å². The van der Waals surface area contributed by atoms with Crippen molar-refractivity contribution in [2.24, 2.45) is 0 Å². The van der Waals surface area contributed by atoms with Crippen LogP contribution in [-0.2, 0) is 19.5 Å². The maximum Gasteiger partial charge on any atom is 0.573 e. The van der Waals surface area contributed by atoms with Gasteiger partial charge in [-0.1, -0.05) is 12.1 Å². The summed E-state index contributed by atoms with van der Waals surface area (Å²) in [7, 11) is 0. The zero-order valence-corrected chi connectivity index (χ0v) is 12.1. The summed E-state index contributed by atoms with van der Waals surface area (Å²) in [5.41, 5.74) is 0.828. The molecule has 1 aromatic carbocycles. The zero-order valence-electron chi connectivity index (χ0n) is 12.1. The number of carbonyl (C=O) groups is 1. The minimum atomic E-state index is -4.74. The number of benzene rings is 1. The van der Waals surface area contributed by atoms with Crippen molar-refractivity contribution in [2.75, 3.05) is 0 Å². The average Bonchev–Trinajstić information content (AvgIpc) is 3.04. The van der Waals surface area contributed by atoms with Gasteiger partial charge in [-0.25, -0.2) is 4.98 Å². The number of alkyl halides is 3. The van der Waals surface area contributed by atoms with Crippen molar-refractivity contribution in [1.29, 1.82) is 0 Å². The molecule has 0 aliphatic carbocycles. The molecule has 1 N–H and O–H groups in total. The molecule has 0 spiro atoms. The van der Waals surface area contributed by atoms with E-state index in [2.05, 4.69) is 15.0 Å². The molecule has 0 unspecified atom stereocenters. The van der Waals surface area contributed by atoms with Gasteiger partial charge >= 0.3 is 6.36 Å². The Hall–Kier alpha value is -2.51. The van der Waals surface area contributed by atoms with Crippen molar-refractivity contribution in [2.45, 2.75) is 32.3 Å². The number of imidazole rings is 1. The van der Waals surface area contributed by atoms with E-state index in [4.69, 9.17) is 0 Å². The van der Waals surface area contributed by atoms with Crippen molar-refractivity contribution in [3.63, 3.8) is 0 Å². The molecule has 122 valence electrons. The number of amides is 1. The number of nitrogens with one attached hydrogen (secondary N) is 1. The number of hydrogen-bond donors (Lipinski definition) is 1. The van der Waals surface area contributed by atoms with E-state index in [0.29, 0.717) is 11.3 Å². The number of aromatic nitrogens is 2. The molecule has 8 heteroatoms.